The van der Waals surface area contributed by atoms with Gasteiger partial charge in [0.15, 0.2) is 0 Å². The fourth-order valence-corrected chi connectivity index (χ4v) is 7.36. The Kier molecular flexibility index (Phi) is 8.83. The van der Waals surface area contributed by atoms with Crippen molar-refractivity contribution in [2.24, 2.45) is 0 Å². The summed E-state index contributed by atoms with van der Waals surface area (Å²) in [6.07, 6.45) is -1.72. The third kappa shape index (κ3) is 6.68. The second kappa shape index (κ2) is 13.0. The van der Waals surface area contributed by atoms with Gasteiger partial charge in [-0.25, -0.2) is 0 Å². The minimum absolute atomic E-state index is 0.00177. The van der Waals surface area contributed by atoms with Crippen molar-refractivity contribution in [3.63, 3.8) is 0 Å². The first-order chi connectivity index (χ1) is 19.3. The SMILES string of the molecule is c1ccc(CO[C@@H]2[C@@H](OCc3ccccc3)[C@H]([Se]c3ccccc3)O[C@@H]3CO[C@@H](c4ccccc4)O[C@@H]23)cc1. The first-order valence-corrected chi connectivity index (χ1v) is 15.2. The molecule has 4 aromatic rings. The molecule has 0 bridgehead atoms. The van der Waals surface area contributed by atoms with Gasteiger partial charge in [0.25, 0.3) is 0 Å². The molecule has 0 unspecified atom stereocenters. The number of hydrogen-bond donors (Lipinski definition) is 0. The summed E-state index contributed by atoms with van der Waals surface area (Å²) in [7, 11) is 0. The van der Waals surface area contributed by atoms with Gasteiger partial charge in [-0.3, -0.25) is 0 Å². The summed E-state index contributed by atoms with van der Waals surface area (Å²) >= 11 is -0.00177. The molecule has 2 saturated heterocycles. The van der Waals surface area contributed by atoms with Gasteiger partial charge >= 0.3 is 237 Å². The average Bonchev–Trinajstić information content (AvgIpc) is 3.01. The number of rotatable bonds is 9. The van der Waals surface area contributed by atoms with E-state index in [4.69, 9.17) is 23.7 Å². The van der Waals surface area contributed by atoms with Crippen LogP contribution in [-0.4, -0.2) is 51.0 Å². The average molecular weight is 588 g/mol. The molecule has 2 fully saturated rings. The van der Waals surface area contributed by atoms with E-state index >= 15 is 0 Å². The monoisotopic (exact) mass is 588 g/mol. The Hall–Kier alpha value is -2.80. The summed E-state index contributed by atoms with van der Waals surface area (Å²) < 4.78 is 34.2. The summed E-state index contributed by atoms with van der Waals surface area (Å²) in [5.74, 6) is 0. The molecule has 4 aromatic carbocycles. The van der Waals surface area contributed by atoms with E-state index < -0.39 is 6.29 Å². The van der Waals surface area contributed by atoms with E-state index in [0.29, 0.717) is 19.8 Å². The van der Waals surface area contributed by atoms with Crippen LogP contribution in [0.15, 0.2) is 121 Å². The molecule has 0 saturated carbocycles. The maximum absolute atomic E-state index is 6.73. The van der Waals surface area contributed by atoms with E-state index in [0.717, 1.165) is 16.7 Å². The van der Waals surface area contributed by atoms with Crippen molar-refractivity contribution in [2.75, 3.05) is 6.61 Å². The van der Waals surface area contributed by atoms with E-state index in [2.05, 4.69) is 48.5 Å². The van der Waals surface area contributed by atoms with Gasteiger partial charge in [0, 0.05) is 0 Å². The van der Waals surface area contributed by atoms with Crippen LogP contribution in [-0.2, 0) is 36.9 Å². The zero-order chi connectivity index (χ0) is 26.3. The fourth-order valence-electron chi connectivity index (χ4n) is 4.95. The fraction of sp³-hybridized carbons (Fsp3) is 0.273. The molecule has 0 radical (unpaired) electrons. The van der Waals surface area contributed by atoms with Crippen LogP contribution in [0, 0.1) is 0 Å². The number of hydrogen-bond acceptors (Lipinski definition) is 5. The number of benzene rings is 4. The third-order valence-electron chi connectivity index (χ3n) is 6.92. The van der Waals surface area contributed by atoms with Crippen molar-refractivity contribution in [1.29, 1.82) is 0 Å². The van der Waals surface area contributed by atoms with Crippen LogP contribution in [0.2, 0.25) is 0 Å². The summed E-state index contributed by atoms with van der Waals surface area (Å²) in [5.41, 5.74) is 3.21. The molecule has 0 amide bonds. The minimum atomic E-state index is -0.482. The second-order valence-electron chi connectivity index (χ2n) is 9.67. The molecule has 0 spiro atoms. The molecular formula is C33H32O5Se. The van der Waals surface area contributed by atoms with E-state index in [-0.39, 0.29) is 44.4 Å². The van der Waals surface area contributed by atoms with Gasteiger partial charge in [-0.1, -0.05) is 0 Å². The van der Waals surface area contributed by atoms with E-state index in [1.54, 1.807) is 0 Å². The molecule has 6 heteroatoms. The van der Waals surface area contributed by atoms with Crippen molar-refractivity contribution in [3.05, 3.63) is 138 Å². The predicted octanol–water partition coefficient (Wildman–Crippen LogP) is 5.03. The molecule has 0 N–H and O–H groups in total. The molecule has 2 heterocycles. The van der Waals surface area contributed by atoms with Gasteiger partial charge < -0.3 is 0 Å². The van der Waals surface area contributed by atoms with Crippen LogP contribution in [0.3, 0.4) is 0 Å². The molecule has 6 rings (SSSR count). The Balaban J connectivity index is 1.30. The van der Waals surface area contributed by atoms with E-state index in [1.807, 2.05) is 72.8 Å². The zero-order valence-corrected chi connectivity index (χ0v) is 23.3. The van der Waals surface area contributed by atoms with Crippen LogP contribution in [0.4, 0.5) is 0 Å². The van der Waals surface area contributed by atoms with Crippen LogP contribution >= 0.6 is 0 Å². The molecule has 6 atom stereocenters. The Labute approximate surface area is 236 Å². The topological polar surface area (TPSA) is 46.2 Å². The summed E-state index contributed by atoms with van der Waals surface area (Å²) in [6.45, 7) is 1.37. The van der Waals surface area contributed by atoms with Gasteiger partial charge in [0.1, 0.15) is 0 Å². The molecule has 5 nitrogen and oxygen atoms in total. The van der Waals surface area contributed by atoms with Gasteiger partial charge in [-0.15, -0.1) is 0 Å². The molecular weight excluding hydrogens is 555 g/mol. The zero-order valence-electron chi connectivity index (χ0n) is 21.6. The van der Waals surface area contributed by atoms with Gasteiger partial charge in [-0.2, -0.15) is 0 Å². The standard InChI is InChI=1S/C33H32O5Se/c1-5-13-24(14-6-1)21-34-30-29-28(23-36-32(38-29)26-17-9-3-10-18-26)37-33(39-27-19-11-4-12-20-27)31(30)35-22-25-15-7-2-8-16-25/h1-20,28-33H,21-23H2/t28-,29-,30+,31-,32-,33+/m1/s1. The van der Waals surface area contributed by atoms with Crippen LogP contribution in [0.1, 0.15) is 23.0 Å². The van der Waals surface area contributed by atoms with E-state index in [1.165, 1.54) is 4.46 Å². The van der Waals surface area contributed by atoms with Crippen LogP contribution in [0.5, 0.6) is 0 Å². The normalized spacial score (nSPS) is 26.6. The van der Waals surface area contributed by atoms with Gasteiger partial charge in [0.05, 0.1) is 0 Å². The van der Waals surface area contributed by atoms with E-state index in [9.17, 15) is 0 Å². The Morgan fingerprint density at radius 1 is 0.615 bits per heavy atom. The second-order valence-corrected chi connectivity index (χ2v) is 12.1. The number of ether oxygens (including phenoxy) is 5. The Bertz CT molecular complexity index is 1270. The van der Waals surface area contributed by atoms with Crippen molar-refractivity contribution < 1.29 is 23.7 Å². The molecule has 2 aliphatic rings. The molecule has 2 aliphatic heterocycles. The molecule has 200 valence electrons. The van der Waals surface area contributed by atoms with Crippen molar-refractivity contribution in [3.8, 4) is 0 Å². The summed E-state index contributed by atoms with van der Waals surface area (Å²) in [4.78, 5) is 0. The van der Waals surface area contributed by atoms with Gasteiger partial charge in [-0.05, 0) is 0 Å². The summed E-state index contributed by atoms with van der Waals surface area (Å²) in [6, 6.07) is 41.1. The molecule has 39 heavy (non-hydrogen) atoms. The number of fused-ring (bicyclic) bond motifs is 1. The Morgan fingerprint density at radius 3 is 1.77 bits per heavy atom. The Morgan fingerprint density at radius 2 is 1.15 bits per heavy atom. The summed E-state index contributed by atoms with van der Waals surface area (Å²) in [5, 5.41) is -0.161. The first-order valence-electron chi connectivity index (χ1n) is 13.3. The van der Waals surface area contributed by atoms with Crippen molar-refractivity contribution in [1.82, 2.24) is 0 Å². The molecule has 0 aromatic heterocycles. The first kappa shape index (κ1) is 26.4. The van der Waals surface area contributed by atoms with Crippen LogP contribution < -0.4 is 4.46 Å². The van der Waals surface area contributed by atoms with Gasteiger partial charge in [0.2, 0.25) is 0 Å². The third-order valence-corrected chi connectivity index (χ3v) is 9.35. The van der Waals surface area contributed by atoms with Crippen molar-refractivity contribution >= 4 is 19.4 Å². The quantitative estimate of drug-likeness (QED) is 0.257. The maximum atomic E-state index is 6.73. The molecule has 0 aliphatic carbocycles. The van der Waals surface area contributed by atoms with Crippen molar-refractivity contribution in [2.45, 2.75) is 48.9 Å². The predicted molar refractivity (Wildman–Crippen MR) is 151 cm³/mol. The van der Waals surface area contributed by atoms with Crippen LogP contribution in [0.25, 0.3) is 0 Å².